The van der Waals surface area contributed by atoms with Crippen molar-refractivity contribution >= 4 is 45.5 Å². The smallest absolute Gasteiger partial charge is 0.383 e. The summed E-state index contributed by atoms with van der Waals surface area (Å²) in [6.45, 7) is 8.60. The molecular weight excluding hydrogens is 576 g/mol. The summed E-state index contributed by atoms with van der Waals surface area (Å²) in [5.41, 5.74) is 7.36. The topological polar surface area (TPSA) is 101 Å². The zero-order chi connectivity index (χ0) is 29.7. The molecule has 1 atom stereocenters. The summed E-state index contributed by atoms with van der Waals surface area (Å²) in [5, 5.41) is 18.9. The fourth-order valence-corrected chi connectivity index (χ4v) is 5.25. The summed E-state index contributed by atoms with van der Waals surface area (Å²) in [6.07, 6.45) is -1.50. The number of hydrogen-bond donors (Lipinski definition) is 4. The van der Waals surface area contributed by atoms with Crippen LogP contribution in [0.15, 0.2) is 42.4 Å². The number of aryl methyl sites for hydroxylation is 1. The van der Waals surface area contributed by atoms with Gasteiger partial charge in [-0.25, -0.2) is 4.98 Å². The molecule has 41 heavy (non-hydrogen) atoms. The molecule has 0 spiro atoms. The first-order valence-electron chi connectivity index (χ1n) is 13.0. The average molecular weight is 605 g/mol. The molecule has 216 valence electrons. The van der Waals surface area contributed by atoms with Gasteiger partial charge in [-0.2, -0.15) is 18.4 Å². The number of nitriles is 1. The molecule has 1 aromatic carbocycles. The van der Waals surface area contributed by atoms with Crippen LogP contribution in [0.1, 0.15) is 56.5 Å². The quantitative estimate of drug-likeness (QED) is 0.214. The average Bonchev–Trinajstić information content (AvgIpc) is 3.57. The van der Waals surface area contributed by atoms with Gasteiger partial charge in [-0.05, 0) is 43.4 Å². The largest absolute Gasteiger partial charge is 0.413 e. The van der Waals surface area contributed by atoms with Gasteiger partial charge >= 0.3 is 6.18 Å². The lowest BCUT2D eigenvalue weighted by molar-refractivity contribution is -0.195. The lowest BCUT2D eigenvalue weighted by Crippen LogP contribution is -2.52. The number of alkyl halides is 3. The number of hydrogen-bond acceptors (Lipinski definition) is 8. The molecule has 0 saturated heterocycles. The van der Waals surface area contributed by atoms with Crippen LogP contribution in [0.3, 0.4) is 0 Å². The van der Waals surface area contributed by atoms with E-state index < -0.39 is 17.8 Å². The Balaban J connectivity index is 1.58. The number of benzene rings is 1. The maximum absolute atomic E-state index is 13.9. The van der Waals surface area contributed by atoms with Gasteiger partial charge in [-0.3, -0.25) is 9.99 Å². The molecule has 2 aromatic heterocycles. The minimum atomic E-state index is -4.40. The Hall–Kier alpha value is -3.46. The third kappa shape index (κ3) is 5.69. The summed E-state index contributed by atoms with van der Waals surface area (Å²) in [5.74, 6) is 0. The number of hydrazine groups is 2. The number of rotatable bonds is 7. The molecule has 0 bridgehead atoms. The predicted octanol–water partition coefficient (Wildman–Crippen LogP) is 6.99. The second-order valence-corrected chi connectivity index (χ2v) is 12.3. The van der Waals surface area contributed by atoms with E-state index in [0.717, 1.165) is 5.01 Å². The molecule has 1 aliphatic heterocycles. The summed E-state index contributed by atoms with van der Waals surface area (Å²) < 4.78 is 41.6. The van der Waals surface area contributed by atoms with Crippen LogP contribution in [0.5, 0.6) is 0 Å². The second kappa shape index (κ2) is 10.4. The molecule has 13 heteroatoms. The lowest BCUT2D eigenvalue weighted by atomic mass is 9.96. The van der Waals surface area contributed by atoms with Crippen molar-refractivity contribution in [2.75, 3.05) is 17.2 Å². The van der Waals surface area contributed by atoms with Crippen LogP contribution in [0.4, 0.5) is 24.5 Å². The summed E-state index contributed by atoms with van der Waals surface area (Å²) >= 11 is 12.8. The highest BCUT2D eigenvalue weighted by Crippen LogP contribution is 2.53. The Morgan fingerprint density at radius 2 is 1.93 bits per heavy atom. The first kappa shape index (κ1) is 29.0. The molecule has 1 fully saturated rings. The van der Waals surface area contributed by atoms with Crippen LogP contribution < -0.4 is 21.6 Å². The molecule has 8 nitrogen and oxygen atoms in total. The van der Waals surface area contributed by atoms with E-state index in [0.29, 0.717) is 61.5 Å². The normalized spacial score (nSPS) is 17.1. The predicted molar refractivity (Wildman–Crippen MR) is 154 cm³/mol. The van der Waals surface area contributed by atoms with Crippen molar-refractivity contribution in [3.8, 4) is 6.07 Å². The monoisotopic (exact) mass is 604 g/mol. The van der Waals surface area contributed by atoms with E-state index in [1.807, 2.05) is 6.07 Å². The van der Waals surface area contributed by atoms with Crippen LogP contribution in [-0.4, -0.2) is 33.2 Å². The first-order valence-corrected chi connectivity index (χ1v) is 13.7. The minimum absolute atomic E-state index is 0.00651. The molecule has 5 rings (SSSR count). The Morgan fingerprint density at radius 1 is 1.20 bits per heavy atom. The SMILES string of the molecule is Cc1nc(Cl)ccc1[C@H](Nc1cc(Cl)c2ncc(C#N)c(NCC(C)(C)C)c2c1)C1=CN(C2(C(F)(F)F)CC2)NN1. The van der Waals surface area contributed by atoms with Crippen LogP contribution in [-0.2, 0) is 0 Å². The second-order valence-electron chi connectivity index (χ2n) is 11.5. The standard InChI is InChI=1S/C28H29Cl2F3N8/c1-15-18(5-6-22(30)37-15)25(21-13-41(40-39-21)27(7-8-27)28(31,32)33)38-17-9-19-23(36-14-26(2,3)4)16(11-34)12-35-24(19)20(29)10-17/h5-6,9-10,12-13,25,38-40H,7-8,14H2,1-4H3,(H,35,36)/t25-/m0/s1. The molecule has 0 unspecified atom stereocenters. The van der Waals surface area contributed by atoms with Crippen LogP contribution in [0.2, 0.25) is 10.2 Å². The molecule has 3 heterocycles. The van der Waals surface area contributed by atoms with Crippen molar-refractivity contribution in [2.24, 2.45) is 5.41 Å². The molecule has 2 aliphatic rings. The molecule has 1 aliphatic carbocycles. The Morgan fingerprint density at radius 3 is 2.54 bits per heavy atom. The Kier molecular flexibility index (Phi) is 7.39. The highest BCUT2D eigenvalue weighted by Gasteiger charge is 2.67. The van der Waals surface area contributed by atoms with Crippen LogP contribution >= 0.6 is 23.2 Å². The molecule has 3 aromatic rings. The summed E-state index contributed by atoms with van der Waals surface area (Å²) in [4.78, 5) is 8.76. The molecule has 0 amide bonds. The van der Waals surface area contributed by atoms with Gasteiger partial charge < -0.3 is 16.1 Å². The number of fused-ring (bicyclic) bond motifs is 1. The van der Waals surface area contributed by atoms with Gasteiger partial charge in [0.25, 0.3) is 0 Å². The zero-order valence-electron chi connectivity index (χ0n) is 22.8. The van der Waals surface area contributed by atoms with Gasteiger partial charge in [0.05, 0.1) is 33.5 Å². The number of nitrogens with zero attached hydrogens (tertiary/aromatic N) is 4. The fraction of sp³-hybridized carbons (Fsp3) is 0.393. The molecule has 1 saturated carbocycles. The van der Waals surface area contributed by atoms with Gasteiger partial charge in [0.15, 0.2) is 5.54 Å². The van der Waals surface area contributed by atoms with E-state index in [4.69, 9.17) is 23.2 Å². The maximum atomic E-state index is 13.9. The molecule has 4 N–H and O–H groups in total. The Bertz CT molecular complexity index is 1570. The van der Waals surface area contributed by atoms with Gasteiger partial charge in [0.1, 0.15) is 11.2 Å². The minimum Gasteiger partial charge on any atom is -0.383 e. The number of anilines is 2. The Labute approximate surface area is 245 Å². The van der Waals surface area contributed by atoms with E-state index in [1.54, 1.807) is 25.1 Å². The summed E-state index contributed by atoms with van der Waals surface area (Å²) in [7, 11) is 0. The number of nitrogens with one attached hydrogen (secondary N) is 4. The number of aromatic nitrogens is 2. The van der Waals surface area contributed by atoms with E-state index >= 15 is 0 Å². The van der Waals surface area contributed by atoms with Crippen molar-refractivity contribution < 1.29 is 13.2 Å². The highest BCUT2D eigenvalue weighted by molar-refractivity contribution is 6.35. The van der Waals surface area contributed by atoms with Gasteiger partial charge in [0, 0.05) is 41.3 Å². The van der Waals surface area contributed by atoms with Crippen molar-refractivity contribution in [3.63, 3.8) is 0 Å². The van der Waals surface area contributed by atoms with Crippen molar-refractivity contribution in [1.82, 2.24) is 25.9 Å². The number of halogens is 5. The van der Waals surface area contributed by atoms with E-state index in [9.17, 15) is 18.4 Å². The first-order chi connectivity index (χ1) is 19.2. The zero-order valence-corrected chi connectivity index (χ0v) is 24.4. The van der Waals surface area contributed by atoms with Gasteiger partial charge in [-0.15, -0.1) is 5.53 Å². The third-order valence-electron chi connectivity index (χ3n) is 7.17. The van der Waals surface area contributed by atoms with Gasteiger partial charge in [0.2, 0.25) is 0 Å². The maximum Gasteiger partial charge on any atom is 0.413 e. The van der Waals surface area contributed by atoms with E-state index in [1.165, 1.54) is 12.4 Å². The summed E-state index contributed by atoms with van der Waals surface area (Å²) in [6, 6.07) is 8.45. The number of pyridine rings is 2. The molecular formula is C28H29Cl2F3N8. The van der Waals surface area contributed by atoms with Crippen molar-refractivity contribution in [3.05, 3.63) is 69.4 Å². The van der Waals surface area contributed by atoms with Crippen molar-refractivity contribution in [2.45, 2.75) is 58.3 Å². The van der Waals surface area contributed by atoms with E-state index in [-0.39, 0.29) is 18.3 Å². The highest BCUT2D eigenvalue weighted by atomic mass is 35.5. The fourth-order valence-electron chi connectivity index (χ4n) is 4.79. The van der Waals surface area contributed by atoms with Crippen LogP contribution in [0.25, 0.3) is 10.9 Å². The van der Waals surface area contributed by atoms with E-state index in [2.05, 4.69) is 58.4 Å². The third-order valence-corrected chi connectivity index (χ3v) is 7.67. The van der Waals surface area contributed by atoms with Crippen LogP contribution in [0, 0.1) is 23.7 Å². The lowest BCUT2D eigenvalue weighted by Gasteiger charge is -2.28. The van der Waals surface area contributed by atoms with Gasteiger partial charge in [-0.1, -0.05) is 50.0 Å². The van der Waals surface area contributed by atoms with Crippen molar-refractivity contribution in [1.29, 1.82) is 5.26 Å². The molecule has 0 radical (unpaired) electrons.